The number of methoxy groups -OCH3 is 3. The SMILES string of the molecule is COCCNC(=O)c1cncc(Nc2ccc(OC)c(OC)c2)c1. The number of amides is 1. The smallest absolute Gasteiger partial charge is 0.253 e. The Morgan fingerprint density at radius 3 is 2.54 bits per heavy atom. The molecule has 0 fully saturated rings. The minimum Gasteiger partial charge on any atom is -0.493 e. The highest BCUT2D eigenvalue weighted by Crippen LogP contribution is 2.31. The molecule has 0 aliphatic rings. The van der Waals surface area contributed by atoms with Crippen molar-refractivity contribution in [3.8, 4) is 11.5 Å². The number of aromatic nitrogens is 1. The van der Waals surface area contributed by atoms with Gasteiger partial charge in [0.2, 0.25) is 0 Å². The molecular weight excluding hydrogens is 310 g/mol. The molecule has 0 radical (unpaired) electrons. The summed E-state index contributed by atoms with van der Waals surface area (Å²) in [6.07, 6.45) is 3.16. The van der Waals surface area contributed by atoms with Gasteiger partial charge in [0.15, 0.2) is 11.5 Å². The molecule has 1 amide bonds. The number of carbonyl (C=O) groups is 1. The van der Waals surface area contributed by atoms with E-state index in [2.05, 4.69) is 15.6 Å². The molecule has 0 atom stereocenters. The third-order valence-corrected chi connectivity index (χ3v) is 3.26. The molecule has 0 bridgehead atoms. The van der Waals surface area contributed by atoms with E-state index in [-0.39, 0.29) is 5.91 Å². The molecule has 0 spiro atoms. The van der Waals surface area contributed by atoms with Gasteiger partial charge in [-0.05, 0) is 18.2 Å². The number of anilines is 2. The summed E-state index contributed by atoms with van der Waals surface area (Å²) >= 11 is 0. The Balaban J connectivity index is 2.10. The molecule has 1 heterocycles. The number of ether oxygens (including phenoxy) is 3. The van der Waals surface area contributed by atoms with Crippen LogP contribution in [0.3, 0.4) is 0 Å². The molecule has 0 saturated heterocycles. The monoisotopic (exact) mass is 331 g/mol. The van der Waals surface area contributed by atoms with Crippen LogP contribution in [-0.4, -0.2) is 45.4 Å². The van der Waals surface area contributed by atoms with Crippen molar-refractivity contribution in [2.75, 3.05) is 39.8 Å². The predicted octanol–water partition coefficient (Wildman–Crippen LogP) is 2.22. The molecule has 2 N–H and O–H groups in total. The molecule has 0 aliphatic carbocycles. The van der Waals surface area contributed by atoms with Crippen LogP contribution >= 0.6 is 0 Å². The second-order valence-corrected chi connectivity index (χ2v) is 4.91. The Morgan fingerprint density at radius 1 is 1.04 bits per heavy atom. The van der Waals surface area contributed by atoms with Crippen molar-refractivity contribution in [2.45, 2.75) is 0 Å². The Kier molecular flexibility index (Phi) is 6.39. The maximum Gasteiger partial charge on any atom is 0.253 e. The van der Waals surface area contributed by atoms with E-state index in [1.165, 1.54) is 6.20 Å². The summed E-state index contributed by atoms with van der Waals surface area (Å²) in [4.78, 5) is 16.1. The lowest BCUT2D eigenvalue weighted by molar-refractivity contribution is 0.0937. The number of carbonyl (C=O) groups excluding carboxylic acids is 1. The minimum absolute atomic E-state index is 0.199. The van der Waals surface area contributed by atoms with E-state index in [0.29, 0.717) is 35.9 Å². The fourth-order valence-corrected chi connectivity index (χ4v) is 2.08. The van der Waals surface area contributed by atoms with Crippen LogP contribution in [0.4, 0.5) is 11.4 Å². The van der Waals surface area contributed by atoms with Gasteiger partial charge >= 0.3 is 0 Å². The average Bonchev–Trinajstić information content (AvgIpc) is 2.62. The molecule has 2 aromatic rings. The van der Waals surface area contributed by atoms with Crippen LogP contribution in [-0.2, 0) is 4.74 Å². The Hall–Kier alpha value is -2.80. The molecule has 24 heavy (non-hydrogen) atoms. The van der Waals surface area contributed by atoms with Gasteiger partial charge in [0, 0.05) is 31.6 Å². The highest BCUT2D eigenvalue weighted by Gasteiger charge is 2.08. The third kappa shape index (κ3) is 4.60. The van der Waals surface area contributed by atoms with Gasteiger partial charge in [-0.15, -0.1) is 0 Å². The van der Waals surface area contributed by atoms with Gasteiger partial charge in [-0.3, -0.25) is 9.78 Å². The summed E-state index contributed by atoms with van der Waals surface area (Å²) < 4.78 is 15.4. The standard InChI is InChI=1S/C17H21N3O4/c1-22-7-6-19-17(21)12-8-14(11-18-10-12)20-13-4-5-15(23-2)16(9-13)24-3/h4-5,8-11,20H,6-7H2,1-3H3,(H,19,21). The zero-order valence-corrected chi connectivity index (χ0v) is 14.0. The van der Waals surface area contributed by atoms with Crippen LogP contribution in [0.2, 0.25) is 0 Å². The van der Waals surface area contributed by atoms with Crippen molar-refractivity contribution in [3.05, 3.63) is 42.2 Å². The molecule has 1 aromatic carbocycles. The summed E-state index contributed by atoms with van der Waals surface area (Å²) in [7, 11) is 4.75. The lowest BCUT2D eigenvalue weighted by Gasteiger charge is -2.12. The van der Waals surface area contributed by atoms with Gasteiger partial charge in [0.05, 0.1) is 38.3 Å². The first kappa shape index (κ1) is 17.6. The second kappa shape index (κ2) is 8.73. The van der Waals surface area contributed by atoms with Crippen LogP contribution in [0.25, 0.3) is 0 Å². The van der Waals surface area contributed by atoms with Gasteiger partial charge in [-0.25, -0.2) is 0 Å². The minimum atomic E-state index is -0.199. The number of hydrogen-bond acceptors (Lipinski definition) is 6. The molecule has 0 unspecified atom stereocenters. The summed E-state index contributed by atoms with van der Waals surface area (Å²) in [6.45, 7) is 0.908. The maximum absolute atomic E-state index is 12.0. The van der Waals surface area contributed by atoms with Crippen LogP contribution < -0.4 is 20.1 Å². The lowest BCUT2D eigenvalue weighted by Crippen LogP contribution is -2.27. The number of hydrogen-bond donors (Lipinski definition) is 2. The first-order valence-electron chi connectivity index (χ1n) is 7.39. The Morgan fingerprint density at radius 2 is 1.83 bits per heavy atom. The predicted molar refractivity (Wildman–Crippen MR) is 91.3 cm³/mol. The van der Waals surface area contributed by atoms with Gasteiger partial charge in [0.25, 0.3) is 5.91 Å². The fourth-order valence-electron chi connectivity index (χ4n) is 2.08. The molecule has 128 valence electrons. The molecule has 2 rings (SSSR count). The summed E-state index contributed by atoms with van der Waals surface area (Å²) in [5, 5.41) is 5.95. The van der Waals surface area contributed by atoms with Crippen molar-refractivity contribution in [1.29, 1.82) is 0 Å². The third-order valence-electron chi connectivity index (χ3n) is 3.26. The number of rotatable bonds is 8. The van der Waals surface area contributed by atoms with Crippen molar-refractivity contribution < 1.29 is 19.0 Å². The van der Waals surface area contributed by atoms with E-state index in [4.69, 9.17) is 14.2 Å². The number of pyridine rings is 1. The van der Waals surface area contributed by atoms with Crippen LogP contribution in [0, 0.1) is 0 Å². The molecular formula is C17H21N3O4. The molecule has 0 aliphatic heterocycles. The average molecular weight is 331 g/mol. The highest BCUT2D eigenvalue weighted by atomic mass is 16.5. The quantitative estimate of drug-likeness (QED) is 0.722. The van der Waals surface area contributed by atoms with Gasteiger partial charge in [-0.1, -0.05) is 0 Å². The summed E-state index contributed by atoms with van der Waals surface area (Å²) in [5.74, 6) is 1.06. The highest BCUT2D eigenvalue weighted by molar-refractivity contribution is 5.94. The van der Waals surface area contributed by atoms with E-state index in [0.717, 1.165) is 5.69 Å². The zero-order valence-electron chi connectivity index (χ0n) is 14.0. The van der Waals surface area contributed by atoms with Crippen molar-refractivity contribution in [3.63, 3.8) is 0 Å². The van der Waals surface area contributed by atoms with E-state index in [1.54, 1.807) is 39.7 Å². The van der Waals surface area contributed by atoms with Gasteiger partial charge in [-0.2, -0.15) is 0 Å². The zero-order chi connectivity index (χ0) is 17.4. The molecule has 0 saturated carbocycles. The Labute approximate surface area is 140 Å². The molecule has 7 heteroatoms. The maximum atomic E-state index is 12.0. The largest absolute Gasteiger partial charge is 0.493 e. The van der Waals surface area contributed by atoms with E-state index >= 15 is 0 Å². The Bertz CT molecular complexity index is 691. The second-order valence-electron chi connectivity index (χ2n) is 4.91. The molecule has 1 aromatic heterocycles. The number of nitrogens with one attached hydrogen (secondary N) is 2. The van der Waals surface area contributed by atoms with Gasteiger partial charge in [0.1, 0.15) is 0 Å². The molecule has 7 nitrogen and oxygen atoms in total. The topological polar surface area (TPSA) is 81.7 Å². The van der Waals surface area contributed by atoms with Crippen molar-refractivity contribution in [2.24, 2.45) is 0 Å². The number of benzene rings is 1. The van der Waals surface area contributed by atoms with E-state index in [1.807, 2.05) is 12.1 Å². The van der Waals surface area contributed by atoms with E-state index < -0.39 is 0 Å². The van der Waals surface area contributed by atoms with Crippen molar-refractivity contribution >= 4 is 17.3 Å². The van der Waals surface area contributed by atoms with Crippen molar-refractivity contribution in [1.82, 2.24) is 10.3 Å². The first-order chi connectivity index (χ1) is 11.7. The normalized spacial score (nSPS) is 10.1. The van der Waals surface area contributed by atoms with Crippen LogP contribution in [0.1, 0.15) is 10.4 Å². The first-order valence-corrected chi connectivity index (χ1v) is 7.39. The fraction of sp³-hybridized carbons (Fsp3) is 0.294. The summed E-state index contributed by atoms with van der Waals surface area (Å²) in [5.41, 5.74) is 1.96. The van der Waals surface area contributed by atoms with Crippen LogP contribution in [0.15, 0.2) is 36.7 Å². The lowest BCUT2D eigenvalue weighted by atomic mass is 10.2. The summed E-state index contributed by atoms with van der Waals surface area (Å²) in [6, 6.07) is 7.19. The van der Waals surface area contributed by atoms with E-state index in [9.17, 15) is 4.79 Å². The number of nitrogens with zero attached hydrogens (tertiary/aromatic N) is 1. The van der Waals surface area contributed by atoms with Crippen LogP contribution in [0.5, 0.6) is 11.5 Å². The van der Waals surface area contributed by atoms with Gasteiger partial charge < -0.3 is 24.8 Å².